The van der Waals surface area contributed by atoms with E-state index in [0.717, 1.165) is 88.8 Å². The highest BCUT2D eigenvalue weighted by Gasteiger charge is 2.29. The molecule has 0 N–H and O–H groups in total. The van der Waals surface area contributed by atoms with Gasteiger partial charge >= 0.3 is 0 Å². The van der Waals surface area contributed by atoms with Gasteiger partial charge in [0.1, 0.15) is 11.2 Å². The van der Waals surface area contributed by atoms with Crippen LogP contribution < -0.4 is 0 Å². The molecule has 4 heterocycles. The van der Waals surface area contributed by atoms with Crippen LogP contribution in [0.4, 0.5) is 0 Å². The minimum absolute atomic E-state index is 0.469. The van der Waals surface area contributed by atoms with Crippen LogP contribution in [-0.2, 0) is 0 Å². The largest absolute Gasteiger partial charge is 0.455 e. The average Bonchev–Trinajstić information content (AvgIpc) is 3.87. The van der Waals surface area contributed by atoms with Gasteiger partial charge in [0.2, 0.25) is 5.95 Å². The number of aromatic nitrogens is 5. The highest BCUT2D eigenvalue weighted by Crippen LogP contribution is 2.49. The minimum atomic E-state index is 0.469. The minimum Gasteiger partial charge on any atom is -0.455 e. The first-order chi connectivity index (χ1) is 25.7. The zero-order valence-corrected chi connectivity index (χ0v) is 28.4. The van der Waals surface area contributed by atoms with E-state index in [4.69, 9.17) is 19.4 Å². The number of para-hydroxylation sites is 4. The normalized spacial score (nSPS) is 14.8. The van der Waals surface area contributed by atoms with E-state index in [0.29, 0.717) is 23.5 Å². The summed E-state index contributed by atoms with van der Waals surface area (Å²) in [4.78, 5) is 15.7. The molecule has 0 bridgehead atoms. The highest BCUT2D eigenvalue weighted by atomic mass is 16.3. The third-order valence-electron chi connectivity index (χ3n) is 10.5. The van der Waals surface area contributed by atoms with Crippen LogP contribution in [0, 0.1) is 5.92 Å². The van der Waals surface area contributed by atoms with Gasteiger partial charge in [-0.05, 0) is 42.7 Å². The Balaban J connectivity index is 1.40. The summed E-state index contributed by atoms with van der Waals surface area (Å²) in [5.74, 6) is 2.33. The van der Waals surface area contributed by atoms with Crippen molar-refractivity contribution in [3.8, 4) is 23.0 Å². The van der Waals surface area contributed by atoms with E-state index >= 15 is 0 Å². The van der Waals surface area contributed by atoms with Crippen LogP contribution in [0.25, 0.3) is 94.1 Å². The smallest absolute Gasteiger partial charge is 0.238 e. The number of nitrogens with zero attached hydrogens (tertiary/aromatic N) is 5. The summed E-state index contributed by atoms with van der Waals surface area (Å²) >= 11 is 0. The maximum atomic E-state index is 6.90. The summed E-state index contributed by atoms with van der Waals surface area (Å²) in [5.41, 5.74) is 8.92. The molecule has 10 aromatic rings. The first-order valence-electron chi connectivity index (χ1n) is 17.8. The van der Waals surface area contributed by atoms with Crippen LogP contribution >= 0.6 is 0 Å². The molecule has 0 fully saturated rings. The predicted octanol–water partition coefficient (Wildman–Crippen LogP) is 11.6. The molecule has 4 aromatic heterocycles. The van der Waals surface area contributed by atoms with Crippen molar-refractivity contribution >= 4 is 71.1 Å². The fourth-order valence-electron chi connectivity index (χ4n) is 8.14. The monoisotopic (exact) mass is 669 g/mol. The Kier molecular flexibility index (Phi) is 6.19. The van der Waals surface area contributed by atoms with Gasteiger partial charge in [-0.2, -0.15) is 9.97 Å². The number of furan rings is 1. The Morgan fingerprint density at radius 3 is 1.94 bits per heavy atom. The lowest BCUT2D eigenvalue weighted by Crippen LogP contribution is -2.09. The van der Waals surface area contributed by atoms with E-state index in [-0.39, 0.29) is 0 Å². The molecular formula is C46H31N5O. The number of hydrogen-bond donors (Lipinski definition) is 0. The fourth-order valence-corrected chi connectivity index (χ4v) is 8.14. The van der Waals surface area contributed by atoms with Crippen molar-refractivity contribution in [2.75, 3.05) is 0 Å². The van der Waals surface area contributed by atoms with Gasteiger partial charge in [-0.15, -0.1) is 0 Å². The molecule has 1 aliphatic carbocycles. The zero-order chi connectivity index (χ0) is 34.3. The van der Waals surface area contributed by atoms with Crippen molar-refractivity contribution in [3.05, 3.63) is 158 Å². The molecule has 1 atom stereocenters. The van der Waals surface area contributed by atoms with Gasteiger partial charge in [0.25, 0.3) is 0 Å². The molecule has 0 spiro atoms. The fraction of sp³-hybridized carbons (Fsp3) is 0.0652. The van der Waals surface area contributed by atoms with Crippen LogP contribution in [-0.4, -0.2) is 24.1 Å². The van der Waals surface area contributed by atoms with Crippen LogP contribution in [0.2, 0.25) is 0 Å². The zero-order valence-electron chi connectivity index (χ0n) is 28.4. The number of hydrogen-bond acceptors (Lipinski definition) is 4. The first kappa shape index (κ1) is 29.0. The summed E-state index contributed by atoms with van der Waals surface area (Å²) in [5, 5.41) is 6.57. The maximum Gasteiger partial charge on any atom is 0.238 e. The van der Waals surface area contributed by atoms with Crippen molar-refractivity contribution in [2.24, 2.45) is 5.92 Å². The van der Waals surface area contributed by atoms with Gasteiger partial charge in [0.15, 0.2) is 11.6 Å². The molecular weight excluding hydrogens is 639 g/mol. The van der Waals surface area contributed by atoms with E-state index in [1.54, 1.807) is 0 Å². The predicted molar refractivity (Wildman–Crippen MR) is 212 cm³/mol. The average molecular weight is 670 g/mol. The Morgan fingerprint density at radius 2 is 1.19 bits per heavy atom. The van der Waals surface area contributed by atoms with Crippen molar-refractivity contribution in [1.29, 1.82) is 0 Å². The molecule has 1 aliphatic rings. The van der Waals surface area contributed by atoms with Crippen molar-refractivity contribution in [3.63, 3.8) is 0 Å². The molecule has 0 saturated heterocycles. The van der Waals surface area contributed by atoms with Gasteiger partial charge in [-0.25, -0.2) is 4.98 Å². The van der Waals surface area contributed by atoms with Crippen LogP contribution in [0.15, 0.2) is 156 Å². The number of rotatable bonds is 4. The van der Waals surface area contributed by atoms with E-state index < -0.39 is 0 Å². The Morgan fingerprint density at radius 1 is 0.577 bits per heavy atom. The Labute approximate surface area is 298 Å². The second kappa shape index (κ2) is 11.1. The maximum absolute atomic E-state index is 6.90. The van der Waals surface area contributed by atoms with E-state index in [1.807, 2.05) is 24.3 Å². The molecule has 0 amide bonds. The summed E-state index contributed by atoms with van der Waals surface area (Å²) in [6.45, 7) is 2.23. The molecule has 1 unspecified atom stereocenters. The third-order valence-corrected chi connectivity index (χ3v) is 10.5. The van der Waals surface area contributed by atoms with Gasteiger partial charge < -0.3 is 8.98 Å². The second-order valence-electron chi connectivity index (χ2n) is 13.7. The second-order valence-corrected chi connectivity index (χ2v) is 13.7. The standard InChI is InChI=1S/C46H31N5O/c1-28-24-26-30(27-25-28)45-47-44(29-14-4-2-5-15-29)48-46(49-45)51-36-22-12-8-18-32(36)38-39-34-20-10-13-23-37(34)52-43(39)40-33-19-9-11-21-35(33)50(42(40)41(38)51)31-16-6-3-7-17-31/h2-24,26-28H,25H2,1H3. The quantitative estimate of drug-likeness (QED) is 0.187. The van der Waals surface area contributed by atoms with E-state index in [9.17, 15) is 0 Å². The topological polar surface area (TPSA) is 61.7 Å². The first-order valence-corrected chi connectivity index (χ1v) is 17.8. The molecule has 246 valence electrons. The third kappa shape index (κ3) is 4.15. The van der Waals surface area contributed by atoms with Gasteiger partial charge in [0.05, 0.1) is 27.5 Å². The lowest BCUT2D eigenvalue weighted by atomic mass is 9.98. The van der Waals surface area contributed by atoms with Crippen molar-refractivity contribution in [2.45, 2.75) is 13.3 Å². The molecule has 52 heavy (non-hydrogen) atoms. The molecule has 6 heteroatoms. The van der Waals surface area contributed by atoms with E-state index in [2.05, 4.69) is 143 Å². The van der Waals surface area contributed by atoms with Crippen LogP contribution in [0.3, 0.4) is 0 Å². The molecule has 11 rings (SSSR count). The molecule has 0 saturated carbocycles. The van der Waals surface area contributed by atoms with Crippen molar-refractivity contribution in [1.82, 2.24) is 24.1 Å². The number of allylic oxidation sites excluding steroid dienone is 4. The van der Waals surface area contributed by atoms with Crippen LogP contribution in [0.5, 0.6) is 0 Å². The summed E-state index contributed by atoms with van der Waals surface area (Å²) in [7, 11) is 0. The number of fused-ring (bicyclic) bond motifs is 12. The SMILES string of the molecule is CC1C=CC(c2nc(-c3ccccc3)nc(-n3c4ccccc4c4c5c6ccccc6oc5c5c6ccccc6n(-c6ccccc6)c5c43)n2)=CC1. The van der Waals surface area contributed by atoms with Gasteiger partial charge in [0, 0.05) is 43.8 Å². The molecule has 0 radical (unpaired) electrons. The lowest BCUT2D eigenvalue weighted by molar-refractivity contribution is 0.673. The molecule has 6 nitrogen and oxygen atoms in total. The Hall–Kier alpha value is -6.79. The Bertz CT molecular complexity index is 3110. The summed E-state index contributed by atoms with van der Waals surface area (Å²) in [6, 6.07) is 46.4. The van der Waals surface area contributed by atoms with Gasteiger partial charge in [-0.3, -0.25) is 4.57 Å². The number of benzene rings is 6. The van der Waals surface area contributed by atoms with E-state index in [1.165, 1.54) is 0 Å². The summed E-state index contributed by atoms with van der Waals surface area (Å²) in [6.07, 6.45) is 7.58. The summed E-state index contributed by atoms with van der Waals surface area (Å²) < 4.78 is 11.5. The molecule has 6 aromatic carbocycles. The molecule has 0 aliphatic heterocycles. The van der Waals surface area contributed by atoms with Crippen LogP contribution in [0.1, 0.15) is 19.2 Å². The lowest BCUT2D eigenvalue weighted by Gasteiger charge is -2.15. The van der Waals surface area contributed by atoms with Crippen molar-refractivity contribution < 1.29 is 4.42 Å². The van der Waals surface area contributed by atoms with Gasteiger partial charge in [-0.1, -0.05) is 128 Å². The highest BCUT2D eigenvalue weighted by molar-refractivity contribution is 6.39.